The van der Waals surface area contributed by atoms with Crippen LogP contribution in [0.2, 0.25) is 0 Å². The number of aryl methyl sites for hydroxylation is 1. The van der Waals surface area contributed by atoms with Crippen LogP contribution in [-0.2, 0) is 0 Å². The molecule has 0 radical (unpaired) electrons. The van der Waals surface area contributed by atoms with E-state index in [2.05, 4.69) is 55.3 Å². The lowest BCUT2D eigenvalue weighted by atomic mass is 9.46. The molecule has 0 saturated heterocycles. The number of hydrogen-bond donors (Lipinski definition) is 0. The van der Waals surface area contributed by atoms with Crippen molar-refractivity contribution in [1.82, 2.24) is 0 Å². The van der Waals surface area contributed by atoms with E-state index in [0.717, 1.165) is 0 Å². The van der Waals surface area contributed by atoms with Gasteiger partial charge in [0.15, 0.2) is 0 Å². The predicted octanol–water partition coefficient (Wildman–Crippen LogP) is 1.90. The van der Waals surface area contributed by atoms with E-state index in [4.69, 9.17) is 0 Å². The van der Waals surface area contributed by atoms with Crippen LogP contribution >= 0.6 is 0 Å². The largest absolute Gasteiger partial charge is 0.226 e. The Hall–Kier alpha value is -1.24. The molecular weight excluding hydrogens is 143 g/mol. The van der Waals surface area contributed by atoms with Gasteiger partial charge in [0.25, 0.3) is 0 Å². The lowest BCUT2D eigenvalue weighted by Crippen LogP contribution is -2.27. The fourth-order valence-corrected chi connectivity index (χ4v) is 1.60. The van der Waals surface area contributed by atoms with E-state index in [-0.39, 0.29) is 0 Å². The van der Waals surface area contributed by atoms with Gasteiger partial charge in [-0.2, -0.15) is 0 Å². The predicted molar refractivity (Wildman–Crippen MR) is 54.8 cm³/mol. The Bertz CT molecular complexity index is 325. The molecule has 0 atom stereocenters. The van der Waals surface area contributed by atoms with Crippen LogP contribution in [-0.4, -0.2) is 6.71 Å². The zero-order chi connectivity index (χ0) is 8.39. The molecule has 1 aromatic rings. The third-order valence-electron chi connectivity index (χ3n) is 2.30. The molecule has 58 valence electrons. The Morgan fingerprint density at radius 3 is 2.33 bits per heavy atom. The number of hydrogen-bond acceptors (Lipinski definition) is 0. The Morgan fingerprint density at radius 2 is 1.67 bits per heavy atom. The SMILES string of the molecule is Cc1ccccc1B1C=CC=C1. The van der Waals surface area contributed by atoms with Gasteiger partial charge in [0.2, 0.25) is 6.71 Å². The maximum atomic E-state index is 2.22. The Labute approximate surface area is 73.7 Å². The van der Waals surface area contributed by atoms with E-state index >= 15 is 0 Å². The molecule has 0 bridgehead atoms. The van der Waals surface area contributed by atoms with E-state index in [9.17, 15) is 0 Å². The van der Waals surface area contributed by atoms with Crippen LogP contribution < -0.4 is 5.46 Å². The smallest absolute Gasteiger partial charge is 0.106 e. The van der Waals surface area contributed by atoms with Crippen molar-refractivity contribution in [2.75, 3.05) is 0 Å². The molecule has 2 rings (SSSR count). The first-order chi connectivity index (χ1) is 5.88. The van der Waals surface area contributed by atoms with Crippen molar-refractivity contribution in [1.29, 1.82) is 0 Å². The van der Waals surface area contributed by atoms with Crippen LogP contribution in [0.3, 0.4) is 0 Å². The van der Waals surface area contributed by atoms with E-state index in [1.807, 2.05) is 0 Å². The van der Waals surface area contributed by atoms with Gasteiger partial charge < -0.3 is 0 Å². The van der Waals surface area contributed by atoms with Gasteiger partial charge in [-0.25, -0.2) is 0 Å². The molecule has 1 aliphatic heterocycles. The second-order valence-electron chi connectivity index (χ2n) is 3.15. The quantitative estimate of drug-likeness (QED) is 0.542. The highest BCUT2D eigenvalue weighted by Gasteiger charge is 2.12. The second kappa shape index (κ2) is 3.02. The molecule has 0 saturated carbocycles. The average molecular weight is 154 g/mol. The number of allylic oxidation sites excluding steroid dienone is 2. The van der Waals surface area contributed by atoms with Crippen molar-refractivity contribution < 1.29 is 0 Å². The Balaban J connectivity index is 2.39. The summed E-state index contributed by atoms with van der Waals surface area (Å²) in [6.45, 7) is 2.67. The molecule has 1 heterocycles. The average Bonchev–Trinajstić information content (AvgIpc) is 2.57. The van der Waals surface area contributed by atoms with E-state index < -0.39 is 0 Å². The van der Waals surface area contributed by atoms with Crippen molar-refractivity contribution in [2.24, 2.45) is 0 Å². The highest BCUT2D eigenvalue weighted by molar-refractivity contribution is 6.83. The fraction of sp³-hybridized carbons (Fsp3) is 0.0909. The lowest BCUT2D eigenvalue weighted by molar-refractivity contribution is 1.51. The van der Waals surface area contributed by atoms with Crippen molar-refractivity contribution >= 4 is 12.2 Å². The van der Waals surface area contributed by atoms with Crippen LogP contribution in [0.15, 0.2) is 48.4 Å². The summed E-state index contributed by atoms with van der Waals surface area (Å²) in [4.78, 5) is 0. The highest BCUT2D eigenvalue weighted by atomic mass is 13.9. The molecule has 0 aromatic heterocycles. The van der Waals surface area contributed by atoms with Gasteiger partial charge in [-0.1, -0.05) is 47.4 Å². The molecular formula is C11H11B. The molecule has 1 aliphatic rings. The van der Waals surface area contributed by atoms with Crippen molar-refractivity contribution in [2.45, 2.75) is 6.92 Å². The minimum Gasteiger partial charge on any atom is -0.106 e. The molecule has 0 spiro atoms. The van der Waals surface area contributed by atoms with Crippen LogP contribution in [0.1, 0.15) is 5.56 Å². The summed E-state index contributed by atoms with van der Waals surface area (Å²) < 4.78 is 0. The normalized spacial score (nSPS) is 14.2. The molecule has 0 amide bonds. The standard InChI is InChI=1S/C11H11B/c1-10-6-2-3-7-11(10)12-8-4-5-9-12/h2-9H,1H3. The summed E-state index contributed by atoms with van der Waals surface area (Å²) in [7, 11) is 0. The zero-order valence-corrected chi connectivity index (χ0v) is 7.20. The summed E-state index contributed by atoms with van der Waals surface area (Å²) in [6, 6.07) is 8.54. The van der Waals surface area contributed by atoms with E-state index in [0.29, 0.717) is 6.71 Å². The topological polar surface area (TPSA) is 0 Å². The highest BCUT2D eigenvalue weighted by Crippen LogP contribution is 2.02. The first-order valence-corrected chi connectivity index (χ1v) is 4.28. The second-order valence-corrected chi connectivity index (χ2v) is 3.15. The van der Waals surface area contributed by atoms with Gasteiger partial charge in [0.05, 0.1) is 0 Å². The minimum absolute atomic E-state index is 0.506. The molecule has 1 aromatic carbocycles. The van der Waals surface area contributed by atoms with Crippen LogP contribution in [0, 0.1) is 6.92 Å². The monoisotopic (exact) mass is 154 g/mol. The van der Waals surface area contributed by atoms with Crippen LogP contribution in [0.5, 0.6) is 0 Å². The number of rotatable bonds is 1. The molecule has 1 heteroatoms. The van der Waals surface area contributed by atoms with Crippen molar-refractivity contribution in [3.8, 4) is 0 Å². The van der Waals surface area contributed by atoms with Gasteiger partial charge in [0, 0.05) is 0 Å². The first kappa shape index (κ1) is 7.42. The van der Waals surface area contributed by atoms with E-state index in [1.165, 1.54) is 11.0 Å². The van der Waals surface area contributed by atoms with Crippen LogP contribution in [0.4, 0.5) is 0 Å². The molecule has 0 N–H and O–H groups in total. The summed E-state index contributed by atoms with van der Waals surface area (Å²) in [5, 5.41) is 0. The third-order valence-corrected chi connectivity index (χ3v) is 2.30. The number of benzene rings is 1. The summed E-state index contributed by atoms with van der Waals surface area (Å²) in [5.41, 5.74) is 2.79. The molecule has 0 unspecified atom stereocenters. The molecule has 0 fully saturated rings. The third kappa shape index (κ3) is 1.23. The summed E-state index contributed by atoms with van der Waals surface area (Å²) in [5.74, 6) is 4.45. The summed E-state index contributed by atoms with van der Waals surface area (Å²) in [6.07, 6.45) is 4.22. The van der Waals surface area contributed by atoms with Crippen LogP contribution in [0.25, 0.3) is 0 Å². The van der Waals surface area contributed by atoms with Gasteiger partial charge >= 0.3 is 0 Å². The summed E-state index contributed by atoms with van der Waals surface area (Å²) >= 11 is 0. The minimum atomic E-state index is 0.506. The van der Waals surface area contributed by atoms with Crippen molar-refractivity contribution in [3.63, 3.8) is 0 Å². The molecule has 12 heavy (non-hydrogen) atoms. The molecule has 0 nitrogen and oxygen atoms in total. The van der Waals surface area contributed by atoms with Gasteiger partial charge in [-0.05, 0) is 6.92 Å². The Kier molecular flexibility index (Phi) is 1.87. The van der Waals surface area contributed by atoms with Crippen molar-refractivity contribution in [3.05, 3.63) is 53.9 Å². The lowest BCUT2D eigenvalue weighted by Gasteiger charge is -2.05. The Morgan fingerprint density at radius 1 is 1.00 bits per heavy atom. The van der Waals surface area contributed by atoms with Gasteiger partial charge in [0.1, 0.15) is 0 Å². The fourth-order valence-electron chi connectivity index (χ4n) is 1.60. The first-order valence-electron chi connectivity index (χ1n) is 4.28. The van der Waals surface area contributed by atoms with Gasteiger partial charge in [-0.3, -0.25) is 0 Å². The maximum absolute atomic E-state index is 2.22. The zero-order valence-electron chi connectivity index (χ0n) is 7.20. The molecule has 0 aliphatic carbocycles. The maximum Gasteiger partial charge on any atom is 0.226 e. The van der Waals surface area contributed by atoms with E-state index in [1.54, 1.807) is 0 Å². The van der Waals surface area contributed by atoms with Gasteiger partial charge in [-0.15, -0.1) is 12.0 Å².